The SMILES string of the molecule is COC(=O)CCCC[C@@H]1SC[C@@H](NC(=O)c2ccccc2)[C@H]1OC(C)=O. The fourth-order valence-corrected chi connectivity index (χ4v) is 4.45. The van der Waals surface area contributed by atoms with E-state index >= 15 is 0 Å². The molecule has 1 aliphatic heterocycles. The number of nitrogens with one attached hydrogen (secondary N) is 1. The van der Waals surface area contributed by atoms with Crippen molar-refractivity contribution in [3.8, 4) is 0 Å². The van der Waals surface area contributed by atoms with Crippen LogP contribution in [0.5, 0.6) is 0 Å². The molecular formula is C19H25NO5S. The largest absolute Gasteiger partial charge is 0.469 e. The molecule has 0 bridgehead atoms. The second kappa shape index (κ2) is 10.2. The predicted molar refractivity (Wildman–Crippen MR) is 100.0 cm³/mol. The van der Waals surface area contributed by atoms with E-state index < -0.39 is 0 Å². The van der Waals surface area contributed by atoms with Gasteiger partial charge in [0.1, 0.15) is 6.10 Å². The minimum atomic E-state index is -0.358. The number of ether oxygens (including phenoxy) is 2. The van der Waals surface area contributed by atoms with Crippen LogP contribution >= 0.6 is 11.8 Å². The summed E-state index contributed by atoms with van der Waals surface area (Å²) in [4.78, 5) is 35.1. The number of unbranched alkanes of at least 4 members (excludes halogenated alkanes) is 1. The van der Waals surface area contributed by atoms with Gasteiger partial charge in [-0.1, -0.05) is 24.6 Å². The smallest absolute Gasteiger partial charge is 0.305 e. The minimum Gasteiger partial charge on any atom is -0.469 e. The van der Waals surface area contributed by atoms with Crippen LogP contribution < -0.4 is 5.32 Å². The molecule has 2 rings (SSSR count). The van der Waals surface area contributed by atoms with Crippen molar-refractivity contribution in [2.45, 2.75) is 50.0 Å². The summed E-state index contributed by atoms with van der Waals surface area (Å²) < 4.78 is 10.1. The Kier molecular flexibility index (Phi) is 7.97. The third kappa shape index (κ3) is 6.05. The average Bonchev–Trinajstić information content (AvgIpc) is 3.00. The minimum absolute atomic E-state index is 0.109. The van der Waals surface area contributed by atoms with Gasteiger partial charge in [0.2, 0.25) is 0 Å². The molecule has 0 spiro atoms. The topological polar surface area (TPSA) is 81.7 Å². The molecule has 0 aliphatic carbocycles. The summed E-state index contributed by atoms with van der Waals surface area (Å²) in [6, 6.07) is 8.76. The van der Waals surface area contributed by atoms with Gasteiger partial charge in [-0.15, -0.1) is 0 Å². The predicted octanol–water partition coefficient (Wildman–Crippen LogP) is 2.57. The molecule has 1 saturated heterocycles. The molecule has 0 aromatic heterocycles. The molecule has 1 fully saturated rings. The molecular weight excluding hydrogens is 354 g/mol. The van der Waals surface area contributed by atoms with Crippen molar-refractivity contribution in [2.24, 2.45) is 0 Å². The summed E-state index contributed by atoms with van der Waals surface area (Å²) in [5, 5.41) is 3.10. The number of hydrogen-bond acceptors (Lipinski definition) is 6. The number of amides is 1. The van der Waals surface area contributed by atoms with Crippen molar-refractivity contribution in [3.05, 3.63) is 35.9 Å². The molecule has 7 heteroatoms. The first-order valence-corrected chi connectivity index (χ1v) is 9.77. The Morgan fingerprint density at radius 3 is 2.58 bits per heavy atom. The highest BCUT2D eigenvalue weighted by molar-refractivity contribution is 8.00. The molecule has 1 aromatic rings. The number of thioether (sulfide) groups is 1. The van der Waals surface area contributed by atoms with E-state index in [0.717, 1.165) is 19.3 Å². The molecule has 0 radical (unpaired) electrons. The Morgan fingerprint density at radius 1 is 1.19 bits per heavy atom. The fourth-order valence-electron chi connectivity index (χ4n) is 2.96. The molecule has 1 aromatic carbocycles. The van der Waals surface area contributed by atoms with E-state index in [4.69, 9.17) is 4.74 Å². The van der Waals surface area contributed by atoms with Crippen molar-refractivity contribution in [2.75, 3.05) is 12.9 Å². The zero-order valence-corrected chi connectivity index (χ0v) is 15.9. The monoisotopic (exact) mass is 379 g/mol. The van der Waals surface area contributed by atoms with Gasteiger partial charge in [0.25, 0.3) is 5.91 Å². The van der Waals surface area contributed by atoms with Gasteiger partial charge in [-0.2, -0.15) is 11.8 Å². The van der Waals surface area contributed by atoms with Crippen molar-refractivity contribution in [1.82, 2.24) is 5.32 Å². The highest BCUT2D eigenvalue weighted by Gasteiger charge is 2.39. The fraction of sp³-hybridized carbons (Fsp3) is 0.526. The first-order valence-electron chi connectivity index (χ1n) is 8.73. The molecule has 1 N–H and O–H groups in total. The zero-order chi connectivity index (χ0) is 18.9. The second-order valence-electron chi connectivity index (χ2n) is 6.21. The second-order valence-corrected chi connectivity index (χ2v) is 7.49. The quantitative estimate of drug-likeness (QED) is 0.552. The van der Waals surface area contributed by atoms with Crippen molar-refractivity contribution >= 4 is 29.6 Å². The molecule has 0 saturated carbocycles. The molecule has 3 atom stereocenters. The van der Waals surface area contributed by atoms with Gasteiger partial charge in [0, 0.05) is 29.9 Å². The first-order chi connectivity index (χ1) is 12.5. The molecule has 1 aliphatic rings. The number of benzene rings is 1. The van der Waals surface area contributed by atoms with E-state index in [1.807, 2.05) is 18.2 Å². The third-order valence-electron chi connectivity index (χ3n) is 4.25. The van der Waals surface area contributed by atoms with Gasteiger partial charge in [-0.05, 0) is 25.0 Å². The van der Waals surface area contributed by atoms with Crippen molar-refractivity contribution in [1.29, 1.82) is 0 Å². The van der Waals surface area contributed by atoms with Crippen LogP contribution in [0.2, 0.25) is 0 Å². The van der Waals surface area contributed by atoms with E-state index in [9.17, 15) is 14.4 Å². The summed E-state index contributed by atoms with van der Waals surface area (Å²) in [6.45, 7) is 1.38. The molecule has 0 unspecified atom stereocenters. The maximum Gasteiger partial charge on any atom is 0.305 e. The summed E-state index contributed by atoms with van der Waals surface area (Å²) in [5.74, 6) is -0.0395. The van der Waals surface area contributed by atoms with Crippen molar-refractivity contribution < 1.29 is 23.9 Å². The number of esters is 2. The van der Waals surface area contributed by atoms with Crippen LogP contribution in [-0.2, 0) is 19.1 Å². The standard InChI is InChI=1S/C19H25NO5S/c1-13(21)25-18-15(20-19(23)14-8-4-3-5-9-14)12-26-16(18)10-6-7-11-17(22)24-2/h3-5,8-9,15-16,18H,6-7,10-12H2,1-2H3,(H,20,23)/t15-,16+,18-/m1/s1. The number of hydrogen-bond donors (Lipinski definition) is 1. The lowest BCUT2D eigenvalue weighted by Crippen LogP contribution is -2.46. The van der Waals surface area contributed by atoms with E-state index in [1.165, 1.54) is 14.0 Å². The van der Waals surface area contributed by atoms with Gasteiger partial charge in [0.15, 0.2) is 0 Å². The Labute approximate surface area is 158 Å². The van der Waals surface area contributed by atoms with Gasteiger partial charge in [-0.3, -0.25) is 14.4 Å². The maximum atomic E-state index is 12.4. The third-order valence-corrected chi connectivity index (χ3v) is 5.74. The molecule has 142 valence electrons. The number of carbonyl (C=O) groups excluding carboxylic acids is 3. The summed E-state index contributed by atoms with van der Waals surface area (Å²) >= 11 is 1.69. The Morgan fingerprint density at radius 2 is 1.92 bits per heavy atom. The lowest BCUT2D eigenvalue weighted by atomic mass is 10.0. The number of carbonyl (C=O) groups is 3. The van der Waals surface area contributed by atoms with Crippen LogP contribution in [0.3, 0.4) is 0 Å². The highest BCUT2D eigenvalue weighted by atomic mass is 32.2. The number of methoxy groups -OCH3 is 1. The van der Waals surface area contributed by atoms with Crippen LogP contribution in [0.1, 0.15) is 43.0 Å². The number of rotatable bonds is 8. The highest BCUT2D eigenvalue weighted by Crippen LogP contribution is 2.33. The Balaban J connectivity index is 1.91. The van der Waals surface area contributed by atoms with E-state index in [0.29, 0.717) is 17.7 Å². The first kappa shape index (κ1) is 20.3. The van der Waals surface area contributed by atoms with E-state index in [-0.39, 0.29) is 35.2 Å². The Hall–Kier alpha value is -2.02. The summed E-state index contributed by atoms with van der Waals surface area (Å²) in [7, 11) is 1.38. The normalized spacial score (nSPS) is 21.8. The van der Waals surface area contributed by atoms with Gasteiger partial charge < -0.3 is 14.8 Å². The van der Waals surface area contributed by atoms with Gasteiger partial charge in [-0.25, -0.2) is 0 Å². The van der Waals surface area contributed by atoms with Crippen LogP contribution in [-0.4, -0.2) is 48.1 Å². The lowest BCUT2D eigenvalue weighted by Gasteiger charge is -2.24. The van der Waals surface area contributed by atoms with Gasteiger partial charge >= 0.3 is 11.9 Å². The van der Waals surface area contributed by atoms with Crippen LogP contribution in [0.4, 0.5) is 0 Å². The lowest BCUT2D eigenvalue weighted by molar-refractivity contribution is -0.147. The molecule has 1 amide bonds. The van der Waals surface area contributed by atoms with Crippen LogP contribution in [0.25, 0.3) is 0 Å². The van der Waals surface area contributed by atoms with Gasteiger partial charge in [0.05, 0.1) is 13.2 Å². The molecule has 26 heavy (non-hydrogen) atoms. The van der Waals surface area contributed by atoms with Crippen LogP contribution in [0, 0.1) is 0 Å². The van der Waals surface area contributed by atoms with E-state index in [2.05, 4.69) is 10.1 Å². The zero-order valence-electron chi connectivity index (χ0n) is 15.1. The maximum absolute atomic E-state index is 12.4. The molecule has 1 heterocycles. The average molecular weight is 379 g/mol. The van der Waals surface area contributed by atoms with Crippen molar-refractivity contribution in [3.63, 3.8) is 0 Å². The molecule has 6 nitrogen and oxygen atoms in total. The van der Waals surface area contributed by atoms with Crippen LogP contribution in [0.15, 0.2) is 30.3 Å². The summed E-state index contributed by atoms with van der Waals surface area (Å²) in [6.07, 6.45) is 2.42. The van der Waals surface area contributed by atoms with E-state index in [1.54, 1.807) is 23.9 Å². The summed E-state index contributed by atoms with van der Waals surface area (Å²) in [5.41, 5.74) is 0.584. The Bertz CT molecular complexity index is 622.